The van der Waals surface area contributed by atoms with Gasteiger partial charge in [0.2, 0.25) is 0 Å². The molecule has 0 heterocycles. The summed E-state index contributed by atoms with van der Waals surface area (Å²) in [4.78, 5) is 0. The van der Waals surface area contributed by atoms with E-state index in [1.165, 1.54) is 0 Å². The first-order valence-corrected chi connectivity index (χ1v) is 4.64. The van der Waals surface area contributed by atoms with Gasteiger partial charge in [0.05, 0.1) is 0 Å². The van der Waals surface area contributed by atoms with Crippen molar-refractivity contribution in [1.82, 2.24) is 10.3 Å². The summed E-state index contributed by atoms with van der Waals surface area (Å²) in [5.41, 5.74) is 2.87. The third-order valence-electron chi connectivity index (χ3n) is 1.95. The molecule has 0 amide bonds. The van der Waals surface area contributed by atoms with Crippen LogP contribution in [0.25, 0.3) is 0 Å². The maximum absolute atomic E-state index is 3.96. The van der Waals surface area contributed by atoms with Crippen LogP contribution in [0.3, 0.4) is 0 Å². The van der Waals surface area contributed by atoms with Gasteiger partial charge in [-0.15, -0.1) is 0 Å². The molecule has 0 aromatic heterocycles. The van der Waals surface area contributed by atoms with Crippen LogP contribution in [-0.2, 0) is 0 Å². The zero-order valence-corrected chi connectivity index (χ0v) is 9.75. The first-order valence-electron chi connectivity index (χ1n) is 4.64. The SMILES string of the molecule is C=C/C(=C/C(=C)/C(C)=C/N(C)N=C)NC. The Hall–Kier alpha value is -1.77. The first-order chi connectivity index (χ1) is 7.04. The lowest BCUT2D eigenvalue weighted by Crippen LogP contribution is -2.04. The highest BCUT2D eigenvalue weighted by Crippen LogP contribution is 2.11. The summed E-state index contributed by atoms with van der Waals surface area (Å²) in [6.45, 7) is 13.0. The molecule has 0 aliphatic carbocycles. The second-order valence-electron chi connectivity index (χ2n) is 3.11. The van der Waals surface area contributed by atoms with Crippen molar-refractivity contribution in [2.75, 3.05) is 14.1 Å². The largest absolute Gasteiger partial charge is 0.388 e. The van der Waals surface area contributed by atoms with Crippen molar-refractivity contribution in [3.8, 4) is 0 Å². The van der Waals surface area contributed by atoms with Crippen molar-refractivity contribution in [1.29, 1.82) is 0 Å². The minimum Gasteiger partial charge on any atom is -0.388 e. The molecule has 0 aliphatic heterocycles. The molecule has 1 N–H and O–H groups in total. The Morgan fingerprint density at radius 1 is 1.47 bits per heavy atom. The molecule has 0 radical (unpaired) electrons. The van der Waals surface area contributed by atoms with E-state index in [9.17, 15) is 0 Å². The normalized spacial score (nSPS) is 11.9. The molecule has 0 aromatic rings. The van der Waals surface area contributed by atoms with Crippen molar-refractivity contribution in [3.63, 3.8) is 0 Å². The maximum Gasteiger partial charge on any atom is 0.0337 e. The van der Waals surface area contributed by atoms with Crippen LogP contribution in [0.1, 0.15) is 6.92 Å². The van der Waals surface area contributed by atoms with Gasteiger partial charge in [-0.3, -0.25) is 5.01 Å². The van der Waals surface area contributed by atoms with Gasteiger partial charge in [-0.1, -0.05) is 13.2 Å². The van der Waals surface area contributed by atoms with Crippen molar-refractivity contribution in [2.24, 2.45) is 5.10 Å². The molecular weight excluding hydrogens is 186 g/mol. The molecule has 0 aromatic carbocycles. The fourth-order valence-electron chi connectivity index (χ4n) is 0.939. The smallest absolute Gasteiger partial charge is 0.0337 e. The molecule has 0 saturated heterocycles. The number of hydrogen-bond acceptors (Lipinski definition) is 3. The number of hydrogen-bond donors (Lipinski definition) is 1. The second-order valence-corrected chi connectivity index (χ2v) is 3.11. The Morgan fingerprint density at radius 3 is 2.47 bits per heavy atom. The van der Waals surface area contributed by atoms with Crippen LogP contribution in [0.5, 0.6) is 0 Å². The van der Waals surface area contributed by atoms with Gasteiger partial charge in [-0.2, -0.15) is 5.10 Å². The Bertz CT molecular complexity index is 311. The van der Waals surface area contributed by atoms with E-state index in [0.717, 1.165) is 16.8 Å². The van der Waals surface area contributed by atoms with Crippen molar-refractivity contribution in [3.05, 3.63) is 48.4 Å². The minimum atomic E-state index is 0.912. The highest BCUT2D eigenvalue weighted by atomic mass is 15.4. The van der Waals surface area contributed by atoms with Gasteiger partial charge < -0.3 is 5.32 Å². The second kappa shape index (κ2) is 6.65. The van der Waals surface area contributed by atoms with Crippen molar-refractivity contribution in [2.45, 2.75) is 6.92 Å². The van der Waals surface area contributed by atoms with E-state index in [4.69, 9.17) is 0 Å². The number of allylic oxidation sites excluding steroid dienone is 4. The van der Waals surface area contributed by atoms with Gasteiger partial charge in [-0.05, 0) is 30.2 Å². The van der Waals surface area contributed by atoms with E-state index in [0.29, 0.717) is 0 Å². The topological polar surface area (TPSA) is 27.6 Å². The summed E-state index contributed by atoms with van der Waals surface area (Å²) >= 11 is 0. The quantitative estimate of drug-likeness (QED) is 0.409. The lowest BCUT2D eigenvalue weighted by atomic mass is 10.1. The molecule has 82 valence electrons. The standard InChI is InChI=1S/C12H19N3/c1-7-12(13-4)8-10(2)11(3)9-15(6)14-5/h7-9,13H,1-2,5H2,3-4,6H3/b11-9+,12-8-. The molecule has 15 heavy (non-hydrogen) atoms. The average Bonchev–Trinajstić information content (AvgIpc) is 2.24. The zero-order chi connectivity index (χ0) is 11.8. The number of likely N-dealkylation sites (N-methyl/N-ethyl adjacent to an activating group) is 1. The maximum atomic E-state index is 3.96. The van der Waals surface area contributed by atoms with Gasteiger partial charge >= 0.3 is 0 Å². The van der Waals surface area contributed by atoms with Crippen LogP contribution in [0, 0.1) is 0 Å². The Labute approximate surface area is 92.2 Å². The van der Waals surface area contributed by atoms with Crippen molar-refractivity contribution < 1.29 is 0 Å². The van der Waals surface area contributed by atoms with E-state index in [1.807, 2.05) is 33.3 Å². The van der Waals surface area contributed by atoms with E-state index in [-0.39, 0.29) is 0 Å². The third kappa shape index (κ3) is 4.86. The fourth-order valence-corrected chi connectivity index (χ4v) is 0.939. The zero-order valence-electron chi connectivity index (χ0n) is 9.75. The van der Waals surface area contributed by atoms with E-state index in [2.05, 4.69) is 30.3 Å². The number of nitrogens with zero attached hydrogens (tertiary/aromatic N) is 2. The fraction of sp³-hybridized carbons (Fsp3) is 0.250. The molecule has 0 spiro atoms. The Kier molecular flexibility index (Phi) is 5.86. The molecule has 0 unspecified atom stereocenters. The summed E-state index contributed by atoms with van der Waals surface area (Å²) in [7, 11) is 3.66. The monoisotopic (exact) mass is 205 g/mol. The summed E-state index contributed by atoms with van der Waals surface area (Å²) in [6.07, 6.45) is 5.53. The Balaban J connectivity index is 4.72. The lowest BCUT2D eigenvalue weighted by Gasteiger charge is -2.09. The molecule has 0 aliphatic rings. The van der Waals surface area contributed by atoms with E-state index < -0.39 is 0 Å². The number of hydrazone groups is 1. The van der Waals surface area contributed by atoms with Gasteiger partial charge in [-0.25, -0.2) is 0 Å². The van der Waals surface area contributed by atoms with Gasteiger partial charge in [0.1, 0.15) is 0 Å². The van der Waals surface area contributed by atoms with E-state index in [1.54, 1.807) is 11.1 Å². The highest BCUT2D eigenvalue weighted by molar-refractivity contribution is 5.39. The summed E-state index contributed by atoms with van der Waals surface area (Å²) in [5.74, 6) is 0. The number of rotatable bonds is 6. The highest BCUT2D eigenvalue weighted by Gasteiger charge is 1.96. The predicted octanol–water partition coefficient (Wildman–Crippen LogP) is 2.28. The van der Waals surface area contributed by atoms with Gasteiger partial charge in [0, 0.05) is 32.7 Å². The average molecular weight is 205 g/mol. The summed E-state index contributed by atoms with van der Waals surface area (Å²) < 4.78 is 0. The molecule has 0 bridgehead atoms. The molecule has 3 nitrogen and oxygen atoms in total. The summed E-state index contributed by atoms with van der Waals surface area (Å²) in [5, 5.41) is 8.39. The Morgan fingerprint density at radius 2 is 2.07 bits per heavy atom. The lowest BCUT2D eigenvalue weighted by molar-refractivity contribution is 0.491. The van der Waals surface area contributed by atoms with Crippen LogP contribution in [0.15, 0.2) is 53.5 Å². The van der Waals surface area contributed by atoms with Crippen LogP contribution in [0.4, 0.5) is 0 Å². The third-order valence-corrected chi connectivity index (χ3v) is 1.95. The van der Waals surface area contributed by atoms with Crippen LogP contribution in [0.2, 0.25) is 0 Å². The molecule has 3 heteroatoms. The molecule has 0 atom stereocenters. The van der Waals surface area contributed by atoms with Crippen LogP contribution < -0.4 is 5.32 Å². The molecular formula is C12H19N3. The number of nitrogens with one attached hydrogen (secondary N) is 1. The molecule has 0 saturated carbocycles. The van der Waals surface area contributed by atoms with Gasteiger partial charge in [0.25, 0.3) is 0 Å². The predicted molar refractivity (Wildman–Crippen MR) is 67.5 cm³/mol. The molecule has 0 rings (SSSR count). The van der Waals surface area contributed by atoms with Gasteiger partial charge in [0.15, 0.2) is 0 Å². The summed E-state index contributed by atoms with van der Waals surface area (Å²) in [6, 6.07) is 0. The van der Waals surface area contributed by atoms with Crippen LogP contribution in [-0.4, -0.2) is 25.8 Å². The van der Waals surface area contributed by atoms with Crippen molar-refractivity contribution >= 4 is 6.72 Å². The minimum absolute atomic E-state index is 0.912. The van der Waals surface area contributed by atoms with Crippen LogP contribution >= 0.6 is 0 Å². The van der Waals surface area contributed by atoms with E-state index >= 15 is 0 Å². The molecule has 0 fully saturated rings. The first kappa shape index (κ1) is 13.2.